The first-order valence-electron chi connectivity index (χ1n) is 4.35. The van der Waals surface area contributed by atoms with Crippen LogP contribution in [0.2, 0.25) is 0 Å². The van der Waals surface area contributed by atoms with Crippen LogP contribution in [0.4, 0.5) is 0 Å². The van der Waals surface area contributed by atoms with E-state index in [2.05, 4.69) is 5.32 Å². The molecule has 0 saturated heterocycles. The normalized spacial score (nSPS) is 14.0. The lowest BCUT2D eigenvalue weighted by Gasteiger charge is -2.25. The van der Waals surface area contributed by atoms with Crippen molar-refractivity contribution in [2.24, 2.45) is 11.1 Å². The predicted molar refractivity (Wildman–Crippen MR) is 50.3 cm³/mol. The Morgan fingerprint density at radius 2 is 2.00 bits per heavy atom. The summed E-state index contributed by atoms with van der Waals surface area (Å²) in [6.45, 7) is 1.64. The zero-order valence-electron chi connectivity index (χ0n) is 8.23. The molecule has 6 N–H and O–H groups in total. The Labute approximate surface area is 82.7 Å². The van der Waals surface area contributed by atoms with Gasteiger partial charge in [-0.05, 0) is 0 Å². The third-order valence-electron chi connectivity index (χ3n) is 1.98. The molecule has 84 valence electrons. The van der Waals surface area contributed by atoms with Gasteiger partial charge >= 0.3 is 0 Å². The van der Waals surface area contributed by atoms with Gasteiger partial charge in [-0.3, -0.25) is 4.79 Å². The molecule has 0 aliphatic heterocycles. The first-order valence-corrected chi connectivity index (χ1v) is 4.35. The molecule has 0 aliphatic carbocycles. The van der Waals surface area contributed by atoms with Gasteiger partial charge in [0.25, 0.3) is 0 Å². The van der Waals surface area contributed by atoms with Gasteiger partial charge in [0.15, 0.2) is 0 Å². The van der Waals surface area contributed by atoms with Gasteiger partial charge in [-0.25, -0.2) is 0 Å². The number of hydrogen-bond acceptors (Lipinski definition) is 5. The molecule has 0 spiro atoms. The number of carbonyl (C=O) groups excluding carboxylic acids is 1. The first-order chi connectivity index (χ1) is 6.45. The van der Waals surface area contributed by atoms with Crippen molar-refractivity contribution < 1.29 is 20.1 Å². The molecule has 6 nitrogen and oxygen atoms in total. The molecule has 0 rings (SSSR count). The second-order valence-electron chi connectivity index (χ2n) is 3.68. The molecule has 1 atom stereocenters. The number of amides is 1. The fraction of sp³-hybridized carbons (Fsp3) is 0.875. The van der Waals surface area contributed by atoms with Crippen LogP contribution < -0.4 is 11.1 Å². The largest absolute Gasteiger partial charge is 0.396 e. The standard InChI is InChI=1S/C8H18N2O4/c1-8(4-11,5-12)3-10-2-6(13)7(9)14/h6,10-13H,2-5H2,1H3,(H2,9,14). The number of hydrogen-bond donors (Lipinski definition) is 5. The number of primary amides is 1. The van der Waals surface area contributed by atoms with E-state index in [1.807, 2.05) is 0 Å². The smallest absolute Gasteiger partial charge is 0.247 e. The van der Waals surface area contributed by atoms with E-state index in [1.165, 1.54) is 0 Å². The molecule has 1 unspecified atom stereocenters. The van der Waals surface area contributed by atoms with Gasteiger partial charge in [0.2, 0.25) is 5.91 Å². The Morgan fingerprint density at radius 1 is 1.50 bits per heavy atom. The molecule has 0 saturated carbocycles. The summed E-state index contributed by atoms with van der Waals surface area (Å²) in [5.74, 6) is -0.799. The molecular weight excluding hydrogens is 188 g/mol. The highest BCUT2D eigenvalue weighted by atomic mass is 16.3. The van der Waals surface area contributed by atoms with Gasteiger partial charge in [0, 0.05) is 18.5 Å². The molecule has 0 aromatic rings. The summed E-state index contributed by atoms with van der Waals surface area (Å²) in [6, 6.07) is 0. The third kappa shape index (κ3) is 4.52. The van der Waals surface area contributed by atoms with E-state index < -0.39 is 17.4 Å². The van der Waals surface area contributed by atoms with Crippen molar-refractivity contribution in [1.82, 2.24) is 5.32 Å². The van der Waals surface area contributed by atoms with Crippen LogP contribution in [0.15, 0.2) is 0 Å². The lowest BCUT2D eigenvalue weighted by atomic mass is 9.93. The molecular formula is C8H18N2O4. The van der Waals surface area contributed by atoms with Crippen molar-refractivity contribution in [3.05, 3.63) is 0 Å². The number of aliphatic hydroxyl groups excluding tert-OH is 3. The van der Waals surface area contributed by atoms with Gasteiger partial charge < -0.3 is 26.4 Å². The zero-order valence-corrected chi connectivity index (χ0v) is 8.23. The second kappa shape index (κ2) is 5.92. The highest BCUT2D eigenvalue weighted by molar-refractivity contribution is 5.78. The van der Waals surface area contributed by atoms with Crippen LogP contribution in [0.5, 0.6) is 0 Å². The van der Waals surface area contributed by atoms with Crippen LogP contribution >= 0.6 is 0 Å². The van der Waals surface area contributed by atoms with Crippen LogP contribution in [0, 0.1) is 5.41 Å². The summed E-state index contributed by atoms with van der Waals surface area (Å²) in [6.07, 6.45) is -1.24. The van der Waals surface area contributed by atoms with Crippen molar-refractivity contribution in [3.63, 3.8) is 0 Å². The summed E-state index contributed by atoms with van der Waals surface area (Å²) in [7, 11) is 0. The topological polar surface area (TPSA) is 116 Å². The molecule has 0 aromatic heterocycles. The van der Waals surface area contributed by atoms with Crippen molar-refractivity contribution >= 4 is 5.91 Å². The Morgan fingerprint density at radius 3 is 2.36 bits per heavy atom. The predicted octanol–water partition coefficient (Wildman–Crippen LogP) is -2.59. The van der Waals surface area contributed by atoms with Crippen molar-refractivity contribution in [3.8, 4) is 0 Å². The Bertz CT molecular complexity index is 182. The van der Waals surface area contributed by atoms with E-state index in [0.29, 0.717) is 6.54 Å². The van der Waals surface area contributed by atoms with Gasteiger partial charge in [-0.1, -0.05) is 6.92 Å². The molecule has 0 aliphatic rings. The maximum atomic E-state index is 10.4. The van der Waals surface area contributed by atoms with Gasteiger partial charge in [0.05, 0.1) is 13.2 Å². The van der Waals surface area contributed by atoms with E-state index in [0.717, 1.165) is 0 Å². The molecule has 1 amide bonds. The number of aliphatic hydroxyl groups is 3. The minimum absolute atomic E-state index is 0.0188. The van der Waals surface area contributed by atoms with E-state index in [-0.39, 0.29) is 19.8 Å². The summed E-state index contributed by atoms with van der Waals surface area (Å²) in [5.41, 5.74) is 4.17. The lowest BCUT2D eigenvalue weighted by Crippen LogP contribution is -2.43. The van der Waals surface area contributed by atoms with E-state index >= 15 is 0 Å². The van der Waals surface area contributed by atoms with Gasteiger partial charge in [-0.15, -0.1) is 0 Å². The number of carbonyl (C=O) groups is 1. The number of nitrogens with two attached hydrogens (primary N) is 1. The summed E-state index contributed by atoms with van der Waals surface area (Å²) in [4.78, 5) is 10.4. The molecule has 0 bridgehead atoms. The van der Waals surface area contributed by atoms with Crippen LogP contribution in [-0.2, 0) is 4.79 Å². The van der Waals surface area contributed by atoms with E-state index in [9.17, 15) is 4.79 Å². The molecule has 6 heteroatoms. The first kappa shape index (κ1) is 13.3. The zero-order chi connectivity index (χ0) is 11.2. The Hall–Kier alpha value is -0.690. The van der Waals surface area contributed by atoms with E-state index in [1.54, 1.807) is 6.92 Å². The average Bonchev–Trinajstić information content (AvgIpc) is 2.17. The van der Waals surface area contributed by atoms with Crippen molar-refractivity contribution in [2.45, 2.75) is 13.0 Å². The molecule has 0 fully saturated rings. The van der Waals surface area contributed by atoms with Crippen LogP contribution in [0.25, 0.3) is 0 Å². The summed E-state index contributed by atoms with van der Waals surface area (Å²) in [5, 5.41) is 29.6. The molecule has 14 heavy (non-hydrogen) atoms. The number of nitrogens with one attached hydrogen (secondary N) is 1. The summed E-state index contributed by atoms with van der Waals surface area (Å²) >= 11 is 0. The maximum Gasteiger partial charge on any atom is 0.247 e. The van der Waals surface area contributed by atoms with Crippen molar-refractivity contribution in [1.29, 1.82) is 0 Å². The van der Waals surface area contributed by atoms with Crippen LogP contribution in [0.3, 0.4) is 0 Å². The quantitative estimate of drug-likeness (QED) is 0.313. The Kier molecular flexibility index (Phi) is 5.63. The van der Waals surface area contributed by atoms with Crippen LogP contribution in [0.1, 0.15) is 6.92 Å². The monoisotopic (exact) mass is 206 g/mol. The fourth-order valence-corrected chi connectivity index (χ4v) is 0.773. The number of rotatable bonds is 7. The Balaban J connectivity index is 3.77. The van der Waals surface area contributed by atoms with Crippen LogP contribution in [-0.4, -0.2) is 53.6 Å². The van der Waals surface area contributed by atoms with Gasteiger partial charge in [-0.2, -0.15) is 0 Å². The molecule has 0 radical (unpaired) electrons. The molecule has 0 aromatic carbocycles. The SMILES string of the molecule is CC(CO)(CO)CNCC(O)C(N)=O. The fourth-order valence-electron chi connectivity index (χ4n) is 0.773. The van der Waals surface area contributed by atoms with Gasteiger partial charge in [0.1, 0.15) is 6.10 Å². The highest BCUT2D eigenvalue weighted by Gasteiger charge is 2.22. The summed E-state index contributed by atoms with van der Waals surface area (Å²) < 4.78 is 0. The minimum Gasteiger partial charge on any atom is -0.396 e. The van der Waals surface area contributed by atoms with Crippen molar-refractivity contribution in [2.75, 3.05) is 26.3 Å². The van der Waals surface area contributed by atoms with E-state index in [4.69, 9.17) is 21.1 Å². The minimum atomic E-state index is -1.24. The second-order valence-corrected chi connectivity index (χ2v) is 3.68. The lowest BCUT2D eigenvalue weighted by molar-refractivity contribution is -0.125. The maximum absolute atomic E-state index is 10.4. The third-order valence-corrected chi connectivity index (χ3v) is 1.98. The molecule has 0 heterocycles. The average molecular weight is 206 g/mol. The highest BCUT2D eigenvalue weighted by Crippen LogP contribution is 2.11.